The normalized spacial score (nSPS) is 24.6. The first kappa shape index (κ1) is 14.7. The third-order valence-corrected chi connectivity index (χ3v) is 8.16. The monoisotopic (exact) mass is 259 g/mol. The van der Waals surface area contributed by atoms with Crippen molar-refractivity contribution in [3.05, 3.63) is 0 Å². The SMILES string of the molecule is CCOC(=O)[C@H]1N[C@@H]1CO[Si](C)(C)C(C)(C)C. The predicted octanol–water partition coefficient (Wildman–Crippen LogP) is 1.91. The molecule has 0 bridgehead atoms. The molecule has 1 aliphatic rings. The lowest BCUT2D eigenvalue weighted by molar-refractivity contribution is -0.142. The number of carbonyl (C=O) groups excluding carboxylic acids is 1. The molecule has 0 unspecified atom stereocenters. The fourth-order valence-corrected chi connectivity index (χ4v) is 2.33. The van der Waals surface area contributed by atoms with E-state index in [9.17, 15) is 4.79 Å². The van der Waals surface area contributed by atoms with Crippen LogP contribution in [0.25, 0.3) is 0 Å². The van der Waals surface area contributed by atoms with Gasteiger partial charge >= 0.3 is 5.97 Å². The average molecular weight is 259 g/mol. The summed E-state index contributed by atoms with van der Waals surface area (Å²) in [5.41, 5.74) is 0. The Morgan fingerprint density at radius 3 is 2.41 bits per heavy atom. The number of ether oxygens (including phenoxy) is 1. The minimum absolute atomic E-state index is 0.142. The Labute approximate surface area is 105 Å². The zero-order valence-electron chi connectivity index (χ0n) is 11.8. The molecular formula is C12H25NO3Si. The van der Waals surface area contributed by atoms with E-state index in [0.717, 1.165) is 0 Å². The maximum Gasteiger partial charge on any atom is 0.324 e. The van der Waals surface area contributed by atoms with E-state index in [2.05, 4.69) is 39.2 Å². The molecule has 0 aromatic heterocycles. The quantitative estimate of drug-likeness (QED) is 0.465. The second kappa shape index (κ2) is 5.08. The highest BCUT2D eigenvalue weighted by Crippen LogP contribution is 2.37. The van der Waals surface area contributed by atoms with Crippen LogP contribution in [0, 0.1) is 0 Å². The average Bonchev–Trinajstić information content (AvgIpc) is 2.92. The van der Waals surface area contributed by atoms with Crippen molar-refractivity contribution < 1.29 is 14.0 Å². The Balaban J connectivity index is 2.33. The first-order valence-electron chi connectivity index (χ1n) is 6.25. The molecule has 1 saturated heterocycles. The van der Waals surface area contributed by atoms with Gasteiger partial charge in [-0.15, -0.1) is 0 Å². The first-order valence-corrected chi connectivity index (χ1v) is 9.16. The minimum Gasteiger partial charge on any atom is -0.465 e. The van der Waals surface area contributed by atoms with Gasteiger partial charge in [0.1, 0.15) is 6.04 Å². The van der Waals surface area contributed by atoms with Gasteiger partial charge in [0.25, 0.3) is 0 Å². The van der Waals surface area contributed by atoms with Gasteiger partial charge in [0.15, 0.2) is 8.32 Å². The molecule has 1 N–H and O–H groups in total. The van der Waals surface area contributed by atoms with E-state index in [0.29, 0.717) is 13.2 Å². The van der Waals surface area contributed by atoms with Crippen molar-refractivity contribution in [1.82, 2.24) is 5.32 Å². The summed E-state index contributed by atoms with van der Waals surface area (Å²) in [6, 6.07) is -0.0112. The standard InChI is InChI=1S/C12H25NO3Si/c1-7-15-11(14)10-9(13-10)8-16-17(5,6)12(2,3)4/h9-10,13H,7-8H2,1-6H3/t9-,10+/m1/s1. The lowest BCUT2D eigenvalue weighted by Crippen LogP contribution is -2.42. The first-order chi connectivity index (χ1) is 7.69. The zero-order chi connectivity index (χ0) is 13.3. The Morgan fingerprint density at radius 2 is 1.94 bits per heavy atom. The van der Waals surface area contributed by atoms with Crippen molar-refractivity contribution in [3.8, 4) is 0 Å². The molecule has 1 rings (SSSR count). The summed E-state index contributed by atoms with van der Waals surface area (Å²) in [5, 5.41) is 3.31. The second-order valence-corrected chi connectivity index (χ2v) is 10.9. The Bertz CT molecular complexity index is 286. The van der Waals surface area contributed by atoms with Crippen LogP contribution >= 0.6 is 0 Å². The molecule has 17 heavy (non-hydrogen) atoms. The van der Waals surface area contributed by atoms with Crippen molar-refractivity contribution in [1.29, 1.82) is 0 Å². The van der Waals surface area contributed by atoms with Crippen molar-refractivity contribution in [3.63, 3.8) is 0 Å². The Morgan fingerprint density at radius 1 is 1.35 bits per heavy atom. The molecule has 1 aliphatic heterocycles. The van der Waals surface area contributed by atoms with E-state index in [1.807, 2.05) is 6.92 Å². The Hall–Kier alpha value is -0.393. The van der Waals surface area contributed by atoms with Crippen LogP contribution in [0.5, 0.6) is 0 Å². The second-order valence-electron chi connectivity index (χ2n) is 6.07. The summed E-state index contributed by atoms with van der Waals surface area (Å²) in [6.45, 7) is 13.9. The number of hydrogen-bond donors (Lipinski definition) is 1. The van der Waals surface area contributed by atoms with Gasteiger partial charge in [-0.25, -0.2) is 0 Å². The summed E-state index contributed by atoms with van der Waals surface area (Å²) in [4.78, 5) is 11.4. The van der Waals surface area contributed by atoms with Crippen molar-refractivity contribution in [2.75, 3.05) is 13.2 Å². The molecule has 2 atom stereocenters. The molecule has 0 spiro atoms. The van der Waals surface area contributed by atoms with Gasteiger partial charge < -0.3 is 9.16 Å². The van der Waals surface area contributed by atoms with Gasteiger partial charge in [-0.1, -0.05) is 20.8 Å². The van der Waals surface area contributed by atoms with Crippen molar-refractivity contribution >= 4 is 14.3 Å². The lowest BCUT2D eigenvalue weighted by Gasteiger charge is -2.36. The fourth-order valence-electron chi connectivity index (χ4n) is 1.30. The number of nitrogens with one attached hydrogen (secondary N) is 1. The molecule has 100 valence electrons. The predicted molar refractivity (Wildman–Crippen MR) is 70.5 cm³/mol. The van der Waals surface area contributed by atoms with Crippen molar-refractivity contribution in [2.45, 2.75) is 57.9 Å². The molecule has 4 nitrogen and oxygen atoms in total. The Kier molecular flexibility index (Phi) is 4.38. The van der Waals surface area contributed by atoms with Crippen LogP contribution in [0.3, 0.4) is 0 Å². The summed E-state index contributed by atoms with van der Waals surface area (Å²) >= 11 is 0. The maximum absolute atomic E-state index is 11.4. The van der Waals surface area contributed by atoms with Gasteiger partial charge in [0.05, 0.1) is 19.3 Å². The van der Waals surface area contributed by atoms with Crippen LogP contribution in [0.1, 0.15) is 27.7 Å². The van der Waals surface area contributed by atoms with E-state index < -0.39 is 8.32 Å². The molecule has 0 radical (unpaired) electrons. The van der Waals surface area contributed by atoms with Crippen LogP contribution in [-0.2, 0) is 14.0 Å². The zero-order valence-corrected chi connectivity index (χ0v) is 12.8. The van der Waals surface area contributed by atoms with E-state index in [-0.39, 0.29) is 23.1 Å². The van der Waals surface area contributed by atoms with E-state index in [1.54, 1.807) is 0 Å². The van der Waals surface area contributed by atoms with E-state index >= 15 is 0 Å². The highest BCUT2D eigenvalue weighted by atomic mass is 28.4. The van der Waals surface area contributed by atoms with Crippen LogP contribution in [0.15, 0.2) is 0 Å². The molecule has 0 amide bonds. The topological polar surface area (TPSA) is 57.5 Å². The number of esters is 1. The number of hydrogen-bond acceptors (Lipinski definition) is 4. The smallest absolute Gasteiger partial charge is 0.324 e. The van der Waals surface area contributed by atoms with Gasteiger partial charge in [0, 0.05) is 0 Å². The fraction of sp³-hybridized carbons (Fsp3) is 0.917. The molecule has 1 heterocycles. The van der Waals surface area contributed by atoms with Gasteiger partial charge in [-0.2, -0.15) is 0 Å². The van der Waals surface area contributed by atoms with Crippen molar-refractivity contribution in [2.24, 2.45) is 0 Å². The molecule has 5 heteroatoms. The third kappa shape index (κ3) is 3.79. The van der Waals surface area contributed by atoms with Gasteiger partial charge in [-0.05, 0) is 25.1 Å². The number of carbonyl (C=O) groups is 1. The number of rotatable bonds is 5. The highest BCUT2D eigenvalue weighted by Gasteiger charge is 2.46. The van der Waals surface area contributed by atoms with Crippen LogP contribution in [0.4, 0.5) is 0 Å². The van der Waals surface area contributed by atoms with Crippen LogP contribution in [-0.4, -0.2) is 39.6 Å². The van der Waals surface area contributed by atoms with Gasteiger partial charge in [0.2, 0.25) is 0 Å². The summed E-state index contributed by atoms with van der Waals surface area (Å²) in [5.74, 6) is -0.156. The molecule has 0 aromatic carbocycles. The molecule has 0 saturated carbocycles. The lowest BCUT2D eigenvalue weighted by atomic mass is 10.2. The van der Waals surface area contributed by atoms with Crippen LogP contribution in [0.2, 0.25) is 18.1 Å². The molecular weight excluding hydrogens is 234 g/mol. The molecule has 1 fully saturated rings. The van der Waals surface area contributed by atoms with E-state index in [1.165, 1.54) is 0 Å². The maximum atomic E-state index is 11.4. The highest BCUT2D eigenvalue weighted by molar-refractivity contribution is 6.74. The summed E-state index contributed by atoms with van der Waals surface area (Å²) in [6.07, 6.45) is 0. The third-order valence-electron chi connectivity index (χ3n) is 3.66. The minimum atomic E-state index is -1.70. The summed E-state index contributed by atoms with van der Waals surface area (Å²) in [7, 11) is -1.70. The molecule has 0 aliphatic carbocycles. The largest absolute Gasteiger partial charge is 0.465 e. The van der Waals surface area contributed by atoms with E-state index in [4.69, 9.17) is 9.16 Å². The van der Waals surface area contributed by atoms with Gasteiger partial charge in [-0.3, -0.25) is 10.1 Å². The molecule has 0 aromatic rings. The summed E-state index contributed by atoms with van der Waals surface area (Å²) < 4.78 is 11.0. The van der Waals surface area contributed by atoms with Crippen LogP contribution < -0.4 is 5.32 Å².